The lowest BCUT2D eigenvalue weighted by molar-refractivity contribution is 0.0926. The molecule has 0 atom stereocenters. The third-order valence-electron chi connectivity index (χ3n) is 7.18. The summed E-state index contributed by atoms with van der Waals surface area (Å²) in [7, 11) is 0. The van der Waals surface area contributed by atoms with Gasteiger partial charge in [-0.1, -0.05) is 78.9 Å². The van der Waals surface area contributed by atoms with E-state index < -0.39 is 0 Å². The largest absolute Gasteiger partial charge is 0.307 e. The zero-order valence-corrected chi connectivity index (χ0v) is 20.1. The molecule has 0 saturated carbocycles. The molecule has 0 bridgehead atoms. The van der Waals surface area contributed by atoms with Crippen molar-refractivity contribution in [2.45, 2.75) is 0 Å². The Balaban J connectivity index is 1.41. The molecule has 7 rings (SSSR count). The Labute approximate surface area is 218 Å². The third-order valence-corrected chi connectivity index (χ3v) is 7.18. The van der Waals surface area contributed by atoms with Crippen molar-refractivity contribution in [3.05, 3.63) is 132 Å². The molecule has 5 heteroatoms. The minimum absolute atomic E-state index is 0.333. The number of aromatic nitrogens is 1. The van der Waals surface area contributed by atoms with Crippen LogP contribution in [-0.2, 0) is 0 Å². The molecule has 1 aromatic heterocycles. The second kappa shape index (κ2) is 8.29. The topological polar surface area (TPSA) is 66.1 Å². The summed E-state index contributed by atoms with van der Waals surface area (Å²) in [6.07, 6.45) is 0. The van der Waals surface area contributed by atoms with Crippen LogP contribution in [-0.4, -0.2) is 16.4 Å². The molecule has 2 heterocycles. The highest BCUT2D eigenvalue weighted by Crippen LogP contribution is 2.38. The first kappa shape index (κ1) is 21.8. The number of nitriles is 1. The quantitative estimate of drug-likeness (QED) is 0.249. The molecule has 1 aliphatic heterocycles. The molecule has 0 fully saturated rings. The second-order valence-electron chi connectivity index (χ2n) is 9.22. The molecule has 5 nitrogen and oxygen atoms in total. The smallest absolute Gasteiger partial charge is 0.268 e. The van der Waals surface area contributed by atoms with Crippen LogP contribution in [0.25, 0.3) is 38.6 Å². The highest BCUT2D eigenvalue weighted by atomic mass is 16.2. The Kier molecular flexibility index (Phi) is 4.75. The molecule has 0 N–H and O–H groups in total. The van der Waals surface area contributed by atoms with Gasteiger partial charge in [0.15, 0.2) is 0 Å². The van der Waals surface area contributed by atoms with E-state index in [-0.39, 0.29) is 11.8 Å². The second-order valence-corrected chi connectivity index (χ2v) is 9.22. The number of hydrogen-bond donors (Lipinski definition) is 0. The number of carbonyl (C=O) groups excluding carboxylic acids is 2. The fraction of sp³-hybridized carbons (Fsp3) is 0. The van der Waals surface area contributed by atoms with E-state index in [1.54, 1.807) is 30.3 Å². The summed E-state index contributed by atoms with van der Waals surface area (Å²) in [5, 5.41) is 11.8. The van der Waals surface area contributed by atoms with Gasteiger partial charge >= 0.3 is 0 Å². The zero-order chi connectivity index (χ0) is 25.8. The first-order valence-corrected chi connectivity index (χ1v) is 12.3. The van der Waals surface area contributed by atoms with Gasteiger partial charge < -0.3 is 4.57 Å². The van der Waals surface area contributed by atoms with Gasteiger partial charge in [0.2, 0.25) is 0 Å². The number of nitrogens with zero attached hydrogens (tertiary/aromatic N) is 3. The summed E-state index contributed by atoms with van der Waals surface area (Å²) in [5.74, 6) is -0.742. The average Bonchev–Trinajstić information content (AvgIpc) is 3.45. The van der Waals surface area contributed by atoms with Crippen molar-refractivity contribution in [3.63, 3.8) is 0 Å². The average molecular weight is 490 g/mol. The molecule has 178 valence electrons. The van der Waals surface area contributed by atoms with Crippen LogP contribution < -0.4 is 4.90 Å². The van der Waals surface area contributed by atoms with E-state index >= 15 is 0 Å². The monoisotopic (exact) mass is 489 g/mol. The van der Waals surface area contributed by atoms with E-state index in [0.29, 0.717) is 28.1 Å². The number of carbonyl (C=O) groups is 2. The Morgan fingerprint density at radius 1 is 0.605 bits per heavy atom. The number of amides is 2. The Morgan fingerprint density at radius 2 is 1.29 bits per heavy atom. The van der Waals surface area contributed by atoms with Gasteiger partial charge in [-0.25, -0.2) is 4.90 Å². The molecular formula is C33H19N3O2. The highest BCUT2D eigenvalue weighted by Gasteiger charge is 2.39. The van der Waals surface area contributed by atoms with Crippen LogP contribution in [0, 0.1) is 11.3 Å². The molecule has 5 aromatic carbocycles. The van der Waals surface area contributed by atoms with Crippen LogP contribution in [0.4, 0.5) is 5.69 Å². The summed E-state index contributed by atoms with van der Waals surface area (Å²) in [5.41, 5.74) is 5.92. The molecule has 6 aromatic rings. The first-order chi connectivity index (χ1) is 18.7. The molecule has 38 heavy (non-hydrogen) atoms. The lowest BCUT2D eigenvalue weighted by Gasteiger charge is -2.15. The number of anilines is 1. The van der Waals surface area contributed by atoms with Gasteiger partial charge in [0.1, 0.15) is 6.07 Å². The van der Waals surface area contributed by atoms with E-state index in [4.69, 9.17) is 0 Å². The van der Waals surface area contributed by atoms with Crippen molar-refractivity contribution in [2.24, 2.45) is 0 Å². The Bertz CT molecular complexity index is 1960. The molecule has 0 radical (unpaired) electrons. The van der Waals surface area contributed by atoms with Crippen molar-refractivity contribution in [1.82, 2.24) is 4.57 Å². The van der Waals surface area contributed by atoms with Crippen LogP contribution >= 0.6 is 0 Å². The Hall–Kier alpha value is -5.47. The van der Waals surface area contributed by atoms with Gasteiger partial charge in [0, 0.05) is 10.8 Å². The van der Waals surface area contributed by atoms with Crippen LogP contribution in [0.5, 0.6) is 0 Å². The lowest BCUT2D eigenvalue weighted by atomic mass is 10.1. The molecule has 0 unspecified atom stereocenters. The normalized spacial score (nSPS) is 12.8. The van der Waals surface area contributed by atoms with Crippen molar-refractivity contribution < 1.29 is 9.59 Å². The summed E-state index contributed by atoms with van der Waals surface area (Å²) in [6.45, 7) is 0. The van der Waals surface area contributed by atoms with E-state index in [9.17, 15) is 14.9 Å². The highest BCUT2D eigenvalue weighted by molar-refractivity contribution is 6.35. The standard InChI is InChI=1S/C33H19N3O2/c34-20-23-10-6-12-26-25-11-4-5-14-28(25)36(31(23)26)29-15-7-13-27-30(29)33(38)35(32(27)37)24-18-16-22(17-19-24)21-8-2-1-3-9-21/h1-19H. The van der Waals surface area contributed by atoms with Crippen LogP contribution in [0.2, 0.25) is 0 Å². The van der Waals surface area contributed by atoms with Crippen molar-refractivity contribution in [3.8, 4) is 22.9 Å². The SMILES string of the molecule is N#Cc1cccc2c3ccccc3n(-c3cccc4c3C(=O)N(c3ccc(-c5ccccc5)cc3)C4=O)c12. The van der Waals surface area contributed by atoms with E-state index in [0.717, 1.165) is 32.9 Å². The number of imide groups is 1. The van der Waals surface area contributed by atoms with Gasteiger partial charge in [-0.05, 0) is 47.5 Å². The molecule has 0 spiro atoms. The number of para-hydroxylation sites is 2. The molecule has 1 aliphatic rings. The van der Waals surface area contributed by atoms with Crippen molar-refractivity contribution in [2.75, 3.05) is 4.90 Å². The minimum Gasteiger partial charge on any atom is -0.307 e. The Morgan fingerprint density at radius 3 is 2.08 bits per heavy atom. The van der Waals surface area contributed by atoms with Crippen molar-refractivity contribution >= 4 is 39.3 Å². The number of benzene rings is 5. The van der Waals surface area contributed by atoms with E-state index in [2.05, 4.69) is 6.07 Å². The fourth-order valence-corrected chi connectivity index (χ4v) is 5.48. The van der Waals surface area contributed by atoms with Crippen LogP contribution in [0.15, 0.2) is 115 Å². The van der Waals surface area contributed by atoms with Gasteiger partial charge in [-0.2, -0.15) is 5.26 Å². The molecule has 0 aliphatic carbocycles. The van der Waals surface area contributed by atoms with Crippen LogP contribution in [0.1, 0.15) is 26.3 Å². The summed E-state index contributed by atoms with van der Waals surface area (Å²) >= 11 is 0. The van der Waals surface area contributed by atoms with E-state index in [1.165, 1.54) is 4.90 Å². The summed E-state index contributed by atoms with van der Waals surface area (Å²) in [4.78, 5) is 28.7. The van der Waals surface area contributed by atoms with Gasteiger partial charge in [0.05, 0.1) is 39.1 Å². The van der Waals surface area contributed by atoms with Crippen molar-refractivity contribution in [1.29, 1.82) is 5.26 Å². The zero-order valence-electron chi connectivity index (χ0n) is 20.1. The maximum absolute atomic E-state index is 13.9. The lowest BCUT2D eigenvalue weighted by Crippen LogP contribution is -2.29. The predicted octanol–water partition coefficient (Wildman–Crippen LogP) is 7.12. The fourth-order valence-electron chi connectivity index (χ4n) is 5.48. The number of hydrogen-bond acceptors (Lipinski definition) is 3. The molecular weight excluding hydrogens is 470 g/mol. The number of fused-ring (bicyclic) bond motifs is 4. The van der Waals surface area contributed by atoms with Gasteiger partial charge in [0.25, 0.3) is 11.8 Å². The molecule has 2 amide bonds. The summed E-state index contributed by atoms with van der Waals surface area (Å²) in [6, 6.07) is 38.5. The van der Waals surface area contributed by atoms with Crippen LogP contribution in [0.3, 0.4) is 0 Å². The predicted molar refractivity (Wildman–Crippen MR) is 149 cm³/mol. The molecule has 0 saturated heterocycles. The minimum atomic E-state index is -0.381. The van der Waals surface area contributed by atoms with E-state index in [1.807, 2.05) is 89.5 Å². The maximum Gasteiger partial charge on any atom is 0.268 e. The number of rotatable bonds is 3. The third kappa shape index (κ3) is 3.04. The maximum atomic E-state index is 13.9. The first-order valence-electron chi connectivity index (χ1n) is 12.3. The summed E-state index contributed by atoms with van der Waals surface area (Å²) < 4.78 is 1.94. The van der Waals surface area contributed by atoms with Gasteiger partial charge in [-0.15, -0.1) is 0 Å². The van der Waals surface area contributed by atoms with Gasteiger partial charge in [-0.3, -0.25) is 9.59 Å².